The summed E-state index contributed by atoms with van der Waals surface area (Å²) in [4.78, 5) is 0. The van der Waals surface area contributed by atoms with E-state index in [2.05, 4.69) is 12.2 Å². The van der Waals surface area contributed by atoms with Gasteiger partial charge in [0.05, 0.1) is 11.6 Å². The van der Waals surface area contributed by atoms with E-state index in [-0.39, 0.29) is 11.9 Å². The Morgan fingerprint density at radius 1 is 1.32 bits per heavy atom. The van der Waals surface area contributed by atoms with Gasteiger partial charge in [-0.3, -0.25) is 0 Å². The summed E-state index contributed by atoms with van der Waals surface area (Å²) in [7, 11) is 1.67. The summed E-state index contributed by atoms with van der Waals surface area (Å²) in [5, 5.41) is 3.41. The van der Waals surface area contributed by atoms with Crippen LogP contribution >= 0.6 is 0 Å². The Labute approximate surface area is 116 Å². The van der Waals surface area contributed by atoms with Gasteiger partial charge in [0.25, 0.3) is 0 Å². The molecular formula is C16H26FNO. The quantitative estimate of drug-likeness (QED) is 0.843. The molecule has 1 rings (SSSR count). The molecule has 0 spiro atoms. The zero-order valence-electron chi connectivity index (χ0n) is 12.9. The average molecular weight is 267 g/mol. The molecule has 0 saturated carbocycles. The van der Waals surface area contributed by atoms with E-state index in [4.69, 9.17) is 4.74 Å². The van der Waals surface area contributed by atoms with Gasteiger partial charge >= 0.3 is 0 Å². The van der Waals surface area contributed by atoms with Gasteiger partial charge in [-0.1, -0.05) is 13.0 Å². The van der Waals surface area contributed by atoms with Crippen molar-refractivity contribution in [2.45, 2.75) is 52.7 Å². The lowest BCUT2D eigenvalue weighted by Gasteiger charge is -2.35. The molecule has 108 valence electrons. The summed E-state index contributed by atoms with van der Waals surface area (Å²) in [6, 6.07) is 3.46. The summed E-state index contributed by atoms with van der Waals surface area (Å²) in [5.74, 6) is -0.156. The van der Waals surface area contributed by atoms with Crippen LogP contribution in [0.15, 0.2) is 12.1 Å². The lowest BCUT2D eigenvalue weighted by atomic mass is 9.87. The summed E-state index contributed by atoms with van der Waals surface area (Å²) in [6.45, 7) is 10.8. The molecule has 1 N–H and O–H groups in total. The second-order valence-electron chi connectivity index (χ2n) is 5.67. The van der Waals surface area contributed by atoms with Crippen LogP contribution in [-0.4, -0.2) is 19.3 Å². The highest BCUT2D eigenvalue weighted by Crippen LogP contribution is 2.32. The molecule has 0 bridgehead atoms. The molecule has 0 heterocycles. The molecule has 1 aromatic carbocycles. The Hall–Kier alpha value is -0.930. The molecule has 19 heavy (non-hydrogen) atoms. The topological polar surface area (TPSA) is 21.3 Å². The van der Waals surface area contributed by atoms with Crippen molar-refractivity contribution >= 4 is 0 Å². The predicted octanol–water partition coefficient (Wildman–Crippen LogP) is 3.91. The number of rotatable bonds is 6. The first-order valence-electron chi connectivity index (χ1n) is 6.88. The van der Waals surface area contributed by atoms with Crippen LogP contribution in [-0.2, 0) is 4.74 Å². The molecule has 2 nitrogen and oxygen atoms in total. The number of methoxy groups -OCH3 is 1. The van der Waals surface area contributed by atoms with Gasteiger partial charge in [-0.15, -0.1) is 0 Å². The number of hydrogen-bond donors (Lipinski definition) is 1. The highest BCUT2D eigenvalue weighted by Gasteiger charge is 2.33. The Morgan fingerprint density at radius 3 is 2.42 bits per heavy atom. The molecule has 3 heteroatoms. The van der Waals surface area contributed by atoms with Crippen LogP contribution in [0.4, 0.5) is 4.39 Å². The Balaban J connectivity index is 3.25. The first-order valence-corrected chi connectivity index (χ1v) is 6.88. The fourth-order valence-electron chi connectivity index (χ4n) is 2.39. The smallest absolute Gasteiger partial charge is 0.128 e. The zero-order valence-corrected chi connectivity index (χ0v) is 12.9. The molecule has 0 saturated heterocycles. The number of benzene rings is 1. The number of hydrogen-bond acceptors (Lipinski definition) is 2. The molecule has 0 fully saturated rings. The normalized spacial score (nSPS) is 13.6. The van der Waals surface area contributed by atoms with E-state index in [1.165, 1.54) is 0 Å². The molecule has 0 aromatic heterocycles. The van der Waals surface area contributed by atoms with Crippen LogP contribution in [0.1, 0.15) is 49.9 Å². The van der Waals surface area contributed by atoms with Crippen LogP contribution in [0, 0.1) is 19.7 Å². The van der Waals surface area contributed by atoms with Crippen molar-refractivity contribution in [3.05, 3.63) is 34.6 Å². The van der Waals surface area contributed by atoms with Gasteiger partial charge in [0.1, 0.15) is 5.82 Å². The number of halogens is 1. The Kier molecular flexibility index (Phi) is 5.50. The third-order valence-electron chi connectivity index (χ3n) is 3.59. The summed E-state index contributed by atoms with van der Waals surface area (Å²) >= 11 is 0. The minimum atomic E-state index is -0.462. The number of ether oxygens (including phenoxy) is 1. The first kappa shape index (κ1) is 16.1. The van der Waals surface area contributed by atoms with Gasteiger partial charge in [-0.25, -0.2) is 4.39 Å². The third kappa shape index (κ3) is 3.77. The fraction of sp³-hybridized carbons (Fsp3) is 0.625. The average Bonchev–Trinajstić information content (AvgIpc) is 2.31. The highest BCUT2D eigenvalue weighted by atomic mass is 19.1. The number of nitrogens with one attached hydrogen (secondary N) is 1. The largest absolute Gasteiger partial charge is 0.377 e. The molecule has 1 aromatic rings. The van der Waals surface area contributed by atoms with E-state index < -0.39 is 5.60 Å². The lowest BCUT2D eigenvalue weighted by Crippen LogP contribution is -2.42. The van der Waals surface area contributed by atoms with E-state index in [1.807, 2.05) is 33.8 Å². The zero-order chi connectivity index (χ0) is 14.6. The Bertz CT molecular complexity index is 406. The van der Waals surface area contributed by atoms with Crippen LogP contribution < -0.4 is 5.32 Å². The number of aryl methyl sites for hydroxylation is 2. The van der Waals surface area contributed by atoms with Gasteiger partial charge in [0, 0.05) is 12.7 Å². The molecular weight excluding hydrogens is 241 g/mol. The van der Waals surface area contributed by atoms with E-state index >= 15 is 0 Å². The van der Waals surface area contributed by atoms with Crippen molar-refractivity contribution in [1.29, 1.82) is 0 Å². The van der Waals surface area contributed by atoms with Crippen LogP contribution in [0.25, 0.3) is 0 Å². The van der Waals surface area contributed by atoms with E-state index in [0.29, 0.717) is 5.56 Å². The highest BCUT2D eigenvalue weighted by molar-refractivity contribution is 5.35. The Morgan fingerprint density at radius 2 is 1.95 bits per heavy atom. The predicted molar refractivity (Wildman–Crippen MR) is 78.0 cm³/mol. The second-order valence-corrected chi connectivity index (χ2v) is 5.67. The maximum atomic E-state index is 14.4. The van der Waals surface area contributed by atoms with E-state index in [1.54, 1.807) is 13.2 Å². The monoisotopic (exact) mass is 267 g/mol. The fourth-order valence-corrected chi connectivity index (χ4v) is 2.39. The van der Waals surface area contributed by atoms with Crippen molar-refractivity contribution < 1.29 is 9.13 Å². The van der Waals surface area contributed by atoms with Crippen LogP contribution in [0.5, 0.6) is 0 Å². The molecule has 0 radical (unpaired) electrons. The molecule has 0 aliphatic rings. The third-order valence-corrected chi connectivity index (χ3v) is 3.59. The maximum Gasteiger partial charge on any atom is 0.128 e. The summed E-state index contributed by atoms with van der Waals surface area (Å²) < 4.78 is 19.9. The first-order chi connectivity index (χ1) is 8.83. The molecule has 1 atom stereocenters. The standard InChI is InChI=1S/C16H26FNO/c1-7-8-18-15(16(4,5)19-6)14-12(3)9-11(2)10-13(14)17/h9-10,15,18H,7-8H2,1-6H3. The van der Waals surface area contributed by atoms with Crippen molar-refractivity contribution in [2.24, 2.45) is 0 Å². The van der Waals surface area contributed by atoms with Crippen molar-refractivity contribution in [1.82, 2.24) is 5.32 Å². The van der Waals surface area contributed by atoms with Crippen molar-refractivity contribution in [3.63, 3.8) is 0 Å². The van der Waals surface area contributed by atoms with Crippen LogP contribution in [0.2, 0.25) is 0 Å². The minimum absolute atomic E-state index is 0.155. The summed E-state index contributed by atoms with van der Waals surface area (Å²) in [6.07, 6.45) is 1.00. The van der Waals surface area contributed by atoms with Gasteiger partial charge in [0.15, 0.2) is 0 Å². The van der Waals surface area contributed by atoms with Gasteiger partial charge in [0.2, 0.25) is 0 Å². The van der Waals surface area contributed by atoms with Crippen molar-refractivity contribution in [2.75, 3.05) is 13.7 Å². The van der Waals surface area contributed by atoms with Gasteiger partial charge in [-0.05, 0) is 57.9 Å². The van der Waals surface area contributed by atoms with Crippen molar-refractivity contribution in [3.8, 4) is 0 Å². The minimum Gasteiger partial charge on any atom is -0.377 e. The molecule has 1 unspecified atom stereocenters. The molecule has 0 aliphatic heterocycles. The van der Waals surface area contributed by atoms with Gasteiger partial charge < -0.3 is 10.1 Å². The maximum absolute atomic E-state index is 14.4. The molecule has 0 aliphatic carbocycles. The van der Waals surface area contributed by atoms with E-state index in [9.17, 15) is 4.39 Å². The van der Waals surface area contributed by atoms with Crippen LogP contribution in [0.3, 0.4) is 0 Å². The summed E-state index contributed by atoms with van der Waals surface area (Å²) in [5.41, 5.74) is 2.17. The van der Waals surface area contributed by atoms with E-state index in [0.717, 1.165) is 24.1 Å². The second kappa shape index (κ2) is 6.49. The van der Waals surface area contributed by atoms with Gasteiger partial charge in [-0.2, -0.15) is 0 Å². The molecule has 0 amide bonds. The lowest BCUT2D eigenvalue weighted by molar-refractivity contribution is -0.0122. The SMILES string of the molecule is CCCNC(c1c(C)cc(C)cc1F)C(C)(C)OC.